The van der Waals surface area contributed by atoms with Crippen molar-refractivity contribution in [1.82, 2.24) is 10.2 Å². The Labute approximate surface area is 222 Å². The Morgan fingerprint density at radius 1 is 0.865 bits per heavy atom. The topological polar surface area (TPSA) is 95.9 Å². The zero-order valence-corrected chi connectivity index (χ0v) is 21.4. The Morgan fingerprint density at radius 2 is 1.41 bits per heavy atom. The minimum atomic E-state index is -1.15. The number of nitrogens with one attached hydrogen (secondary N) is 1. The minimum absolute atomic E-state index is 0.0144. The number of amides is 1. The van der Waals surface area contributed by atoms with Crippen LogP contribution in [0.5, 0.6) is 0 Å². The van der Waals surface area contributed by atoms with Gasteiger partial charge in [-0.3, -0.25) is 19.7 Å². The summed E-state index contributed by atoms with van der Waals surface area (Å²) in [5.41, 5.74) is 2.39. The van der Waals surface area contributed by atoms with Crippen molar-refractivity contribution in [3.63, 3.8) is 0 Å². The number of carbonyl (C=O) groups is 3. The number of carboxylic acid groups (broad SMARTS) is 1. The quantitative estimate of drug-likeness (QED) is 0.328. The third kappa shape index (κ3) is 8.74. The molecular formula is C29H31ClN2O5. The molecule has 0 radical (unpaired) electrons. The molecule has 2 N–H and O–H groups in total. The van der Waals surface area contributed by atoms with Crippen LogP contribution in [0.1, 0.15) is 23.6 Å². The first-order valence-electron chi connectivity index (χ1n) is 12.1. The second kappa shape index (κ2) is 14.2. The van der Waals surface area contributed by atoms with Gasteiger partial charge in [-0.05, 0) is 42.5 Å². The van der Waals surface area contributed by atoms with E-state index in [4.69, 9.17) is 16.3 Å². The summed E-state index contributed by atoms with van der Waals surface area (Å²) < 4.78 is 5.31. The van der Waals surface area contributed by atoms with Gasteiger partial charge in [0.25, 0.3) is 0 Å². The molecular weight excluding hydrogens is 492 g/mol. The summed E-state index contributed by atoms with van der Waals surface area (Å²) >= 11 is 6.31. The Balaban J connectivity index is 1.93. The van der Waals surface area contributed by atoms with Crippen LogP contribution in [-0.2, 0) is 38.5 Å². The largest absolute Gasteiger partial charge is 0.480 e. The molecule has 0 heterocycles. The van der Waals surface area contributed by atoms with Crippen LogP contribution < -0.4 is 5.32 Å². The second-order valence-electron chi connectivity index (χ2n) is 8.58. The molecule has 0 saturated carbocycles. The van der Waals surface area contributed by atoms with Crippen LogP contribution in [0.15, 0.2) is 84.9 Å². The fraction of sp³-hybridized carbons (Fsp3) is 0.276. The maximum absolute atomic E-state index is 13.9. The van der Waals surface area contributed by atoms with Crippen LogP contribution in [0, 0.1) is 0 Å². The van der Waals surface area contributed by atoms with Crippen molar-refractivity contribution in [3.8, 4) is 0 Å². The highest BCUT2D eigenvalue weighted by Gasteiger charge is 2.31. The van der Waals surface area contributed by atoms with Gasteiger partial charge in [-0.1, -0.05) is 90.5 Å². The van der Waals surface area contributed by atoms with Gasteiger partial charge in [-0.15, -0.1) is 0 Å². The summed E-state index contributed by atoms with van der Waals surface area (Å²) in [6.45, 7) is 1.42. The molecule has 8 heteroatoms. The van der Waals surface area contributed by atoms with E-state index in [0.717, 1.165) is 11.1 Å². The molecule has 37 heavy (non-hydrogen) atoms. The van der Waals surface area contributed by atoms with Gasteiger partial charge >= 0.3 is 11.9 Å². The SMILES string of the molecule is CCOC(=O)C(Cc1ccccc1)NC(Cc1ccccc1)C(=O)N(CC(=O)O)Cc1ccccc1Cl. The summed E-state index contributed by atoms with van der Waals surface area (Å²) in [6.07, 6.45) is 0.560. The first kappa shape index (κ1) is 27.9. The van der Waals surface area contributed by atoms with E-state index in [1.54, 1.807) is 31.2 Å². The number of carboxylic acids is 1. The average molecular weight is 523 g/mol. The summed E-state index contributed by atoms with van der Waals surface area (Å²) in [5.74, 6) is -2.08. The molecule has 194 valence electrons. The zero-order valence-electron chi connectivity index (χ0n) is 20.7. The fourth-order valence-electron chi connectivity index (χ4n) is 4.04. The number of hydrogen-bond donors (Lipinski definition) is 2. The van der Waals surface area contributed by atoms with Gasteiger partial charge in [0, 0.05) is 11.6 Å². The van der Waals surface area contributed by atoms with Gasteiger partial charge < -0.3 is 14.7 Å². The smallest absolute Gasteiger partial charge is 0.323 e. The first-order valence-corrected chi connectivity index (χ1v) is 12.5. The van der Waals surface area contributed by atoms with Crippen molar-refractivity contribution in [1.29, 1.82) is 0 Å². The number of ether oxygens (including phenoxy) is 1. The predicted octanol–water partition coefficient (Wildman–Crippen LogP) is 4.13. The Hall–Kier alpha value is -3.68. The van der Waals surface area contributed by atoms with E-state index in [-0.39, 0.29) is 19.6 Å². The highest BCUT2D eigenvalue weighted by molar-refractivity contribution is 6.31. The van der Waals surface area contributed by atoms with E-state index < -0.39 is 36.5 Å². The molecule has 0 fully saturated rings. The van der Waals surface area contributed by atoms with E-state index in [0.29, 0.717) is 17.0 Å². The summed E-state index contributed by atoms with van der Waals surface area (Å²) in [5, 5.41) is 13.2. The number of nitrogens with zero attached hydrogens (tertiary/aromatic N) is 1. The van der Waals surface area contributed by atoms with Crippen LogP contribution in [0.4, 0.5) is 0 Å². The molecule has 3 rings (SSSR count). The average Bonchev–Trinajstić information content (AvgIpc) is 2.89. The molecule has 0 saturated heterocycles. The molecule has 0 bridgehead atoms. The van der Waals surface area contributed by atoms with E-state index in [1.807, 2.05) is 60.7 Å². The normalized spacial score (nSPS) is 12.4. The van der Waals surface area contributed by atoms with E-state index in [9.17, 15) is 19.5 Å². The number of hydrogen-bond acceptors (Lipinski definition) is 5. The molecule has 1 amide bonds. The van der Waals surface area contributed by atoms with Gasteiger partial charge in [0.05, 0.1) is 12.6 Å². The Kier molecular flexibility index (Phi) is 10.7. The monoisotopic (exact) mass is 522 g/mol. The second-order valence-corrected chi connectivity index (χ2v) is 8.99. The van der Waals surface area contributed by atoms with Gasteiger partial charge in [0.1, 0.15) is 12.6 Å². The van der Waals surface area contributed by atoms with Crippen molar-refractivity contribution in [2.24, 2.45) is 0 Å². The van der Waals surface area contributed by atoms with Gasteiger partial charge in [0.2, 0.25) is 5.91 Å². The summed E-state index contributed by atoms with van der Waals surface area (Å²) in [4.78, 5) is 39.7. The molecule has 0 spiro atoms. The highest BCUT2D eigenvalue weighted by Crippen LogP contribution is 2.19. The molecule has 0 aliphatic carbocycles. The number of benzene rings is 3. The van der Waals surface area contributed by atoms with Gasteiger partial charge in [-0.25, -0.2) is 0 Å². The Morgan fingerprint density at radius 3 is 1.95 bits per heavy atom. The maximum atomic E-state index is 13.9. The molecule has 2 atom stereocenters. The lowest BCUT2D eigenvalue weighted by molar-refractivity contribution is -0.148. The molecule has 2 unspecified atom stereocenters. The Bertz CT molecular complexity index is 1170. The maximum Gasteiger partial charge on any atom is 0.323 e. The number of aliphatic carboxylic acids is 1. The van der Waals surface area contributed by atoms with Crippen LogP contribution in [0.25, 0.3) is 0 Å². The van der Waals surface area contributed by atoms with Gasteiger partial charge in [-0.2, -0.15) is 0 Å². The molecule has 0 aliphatic heterocycles. The molecule has 0 aromatic heterocycles. The van der Waals surface area contributed by atoms with Crippen LogP contribution >= 0.6 is 11.6 Å². The van der Waals surface area contributed by atoms with Gasteiger partial charge in [0.15, 0.2) is 0 Å². The summed E-state index contributed by atoms with van der Waals surface area (Å²) in [7, 11) is 0. The van der Waals surface area contributed by atoms with Crippen molar-refractivity contribution in [2.75, 3.05) is 13.2 Å². The minimum Gasteiger partial charge on any atom is -0.480 e. The van der Waals surface area contributed by atoms with Crippen LogP contribution in [-0.4, -0.2) is 53.1 Å². The van der Waals surface area contributed by atoms with Crippen molar-refractivity contribution in [3.05, 3.63) is 107 Å². The van der Waals surface area contributed by atoms with E-state index in [1.165, 1.54) is 4.90 Å². The standard InChI is InChI=1S/C29H31ClN2O5/c1-2-37-29(36)26(18-22-13-7-4-8-14-22)31-25(17-21-11-5-3-6-12-21)28(35)32(20-27(33)34)19-23-15-9-10-16-24(23)30/h3-16,25-26,31H,2,17-20H2,1H3,(H,33,34). The van der Waals surface area contributed by atoms with Crippen LogP contribution in [0.3, 0.4) is 0 Å². The third-order valence-corrected chi connectivity index (χ3v) is 6.16. The highest BCUT2D eigenvalue weighted by atomic mass is 35.5. The lowest BCUT2D eigenvalue weighted by Gasteiger charge is -2.30. The summed E-state index contributed by atoms with van der Waals surface area (Å²) in [6, 6.07) is 24.1. The number of halogens is 1. The van der Waals surface area contributed by atoms with Crippen LogP contribution in [0.2, 0.25) is 5.02 Å². The van der Waals surface area contributed by atoms with Crippen molar-refractivity contribution < 1.29 is 24.2 Å². The zero-order chi connectivity index (χ0) is 26.6. The number of rotatable bonds is 13. The molecule has 3 aromatic carbocycles. The third-order valence-electron chi connectivity index (χ3n) is 5.79. The predicted molar refractivity (Wildman–Crippen MR) is 142 cm³/mol. The van der Waals surface area contributed by atoms with Crippen molar-refractivity contribution >= 4 is 29.4 Å². The van der Waals surface area contributed by atoms with Crippen molar-refractivity contribution in [2.45, 2.75) is 38.4 Å². The fourth-order valence-corrected chi connectivity index (χ4v) is 4.24. The number of carbonyl (C=O) groups excluding carboxylic acids is 2. The lowest BCUT2D eigenvalue weighted by Crippen LogP contribution is -2.54. The van der Waals surface area contributed by atoms with E-state index in [2.05, 4.69) is 5.32 Å². The molecule has 3 aromatic rings. The molecule has 0 aliphatic rings. The number of esters is 1. The first-order chi connectivity index (χ1) is 17.9. The lowest BCUT2D eigenvalue weighted by atomic mass is 10.0. The van der Waals surface area contributed by atoms with E-state index >= 15 is 0 Å². The molecule has 7 nitrogen and oxygen atoms in total.